The van der Waals surface area contributed by atoms with Crippen LogP contribution in [-0.2, 0) is 6.54 Å². The van der Waals surface area contributed by atoms with Crippen LogP contribution < -0.4 is 10.9 Å². The van der Waals surface area contributed by atoms with E-state index in [2.05, 4.69) is 15.3 Å². The Morgan fingerprint density at radius 1 is 1.32 bits per heavy atom. The van der Waals surface area contributed by atoms with Gasteiger partial charge in [0.15, 0.2) is 0 Å². The molecule has 0 radical (unpaired) electrons. The average molecular weight is 265 g/mol. The van der Waals surface area contributed by atoms with Crippen LogP contribution >= 0.6 is 0 Å². The lowest BCUT2D eigenvalue weighted by molar-refractivity contribution is 0.574. The second-order valence-electron chi connectivity index (χ2n) is 4.21. The third-order valence-corrected chi connectivity index (χ3v) is 2.86. The minimum atomic E-state index is -0.640. The van der Waals surface area contributed by atoms with Gasteiger partial charge in [0.05, 0.1) is 0 Å². The first kappa shape index (κ1) is 13.2. The third-order valence-electron chi connectivity index (χ3n) is 2.86. The average Bonchev–Trinajstić information content (AvgIpc) is 2.34. The maximum Gasteiger partial charge on any atom is 0.255 e. The fourth-order valence-electron chi connectivity index (χ4n) is 1.57. The van der Waals surface area contributed by atoms with Crippen LogP contribution in [0.15, 0.2) is 23.0 Å². The molecule has 0 unspecified atom stereocenters. The molecule has 1 heterocycles. The highest BCUT2D eigenvalue weighted by Gasteiger charge is 2.06. The van der Waals surface area contributed by atoms with Gasteiger partial charge in [-0.1, -0.05) is 6.07 Å². The van der Waals surface area contributed by atoms with Crippen LogP contribution in [0.1, 0.15) is 16.8 Å². The van der Waals surface area contributed by atoms with Crippen LogP contribution in [0.25, 0.3) is 0 Å². The number of nitrogens with one attached hydrogen (secondary N) is 2. The number of hydrogen-bond donors (Lipinski definition) is 2. The van der Waals surface area contributed by atoms with Crippen LogP contribution in [0.5, 0.6) is 0 Å². The smallest absolute Gasteiger partial charge is 0.255 e. The molecule has 100 valence electrons. The highest BCUT2D eigenvalue weighted by atomic mass is 19.1. The van der Waals surface area contributed by atoms with E-state index in [4.69, 9.17) is 0 Å². The molecule has 0 saturated carbocycles. The summed E-state index contributed by atoms with van der Waals surface area (Å²) in [6.07, 6.45) is 0. The molecule has 0 bridgehead atoms. The molecule has 1 aromatic carbocycles. The number of benzene rings is 1. The molecule has 0 saturated heterocycles. The molecule has 0 fully saturated rings. The normalized spacial score (nSPS) is 10.5. The van der Waals surface area contributed by atoms with E-state index in [-0.39, 0.29) is 18.1 Å². The molecule has 4 nitrogen and oxygen atoms in total. The van der Waals surface area contributed by atoms with Gasteiger partial charge < -0.3 is 5.32 Å². The number of H-pyrrole nitrogens is 1. The minimum Gasteiger partial charge on any atom is -0.352 e. The van der Waals surface area contributed by atoms with Gasteiger partial charge in [-0.15, -0.1) is 0 Å². The molecule has 19 heavy (non-hydrogen) atoms. The van der Waals surface area contributed by atoms with Crippen molar-refractivity contribution in [2.24, 2.45) is 0 Å². The molecule has 0 aliphatic rings. The molecule has 6 heteroatoms. The van der Waals surface area contributed by atoms with Gasteiger partial charge in [-0.05, 0) is 19.9 Å². The van der Waals surface area contributed by atoms with E-state index < -0.39 is 11.6 Å². The quantitative estimate of drug-likeness (QED) is 0.895. The van der Waals surface area contributed by atoms with Crippen LogP contribution in [0.4, 0.5) is 14.7 Å². The third kappa shape index (κ3) is 2.96. The highest BCUT2D eigenvalue weighted by molar-refractivity contribution is 5.31. The summed E-state index contributed by atoms with van der Waals surface area (Å²) in [5.41, 5.74) is 1.20. The zero-order valence-corrected chi connectivity index (χ0v) is 10.6. The first-order valence-electron chi connectivity index (χ1n) is 5.72. The largest absolute Gasteiger partial charge is 0.352 e. The number of aromatic nitrogens is 2. The Hall–Kier alpha value is -2.24. The molecule has 1 aromatic heterocycles. The predicted octanol–water partition coefficient (Wildman–Crippen LogP) is 2.28. The van der Waals surface area contributed by atoms with E-state index in [9.17, 15) is 13.6 Å². The van der Waals surface area contributed by atoms with Gasteiger partial charge in [0.1, 0.15) is 11.6 Å². The Kier molecular flexibility index (Phi) is 3.59. The summed E-state index contributed by atoms with van der Waals surface area (Å²) in [4.78, 5) is 18.2. The van der Waals surface area contributed by atoms with Gasteiger partial charge in [0, 0.05) is 29.4 Å². The van der Waals surface area contributed by atoms with Crippen molar-refractivity contribution in [2.45, 2.75) is 20.4 Å². The fraction of sp³-hybridized carbons (Fsp3) is 0.231. The van der Waals surface area contributed by atoms with Gasteiger partial charge in [-0.3, -0.25) is 9.78 Å². The van der Waals surface area contributed by atoms with Gasteiger partial charge in [0.2, 0.25) is 5.95 Å². The topological polar surface area (TPSA) is 57.8 Å². The lowest BCUT2D eigenvalue weighted by Gasteiger charge is -2.08. The summed E-state index contributed by atoms with van der Waals surface area (Å²) in [6, 6.07) is 3.33. The van der Waals surface area contributed by atoms with E-state index in [1.165, 1.54) is 12.1 Å². The summed E-state index contributed by atoms with van der Waals surface area (Å²) < 4.78 is 26.1. The molecule has 0 amide bonds. The van der Waals surface area contributed by atoms with Gasteiger partial charge in [-0.25, -0.2) is 13.8 Å². The van der Waals surface area contributed by atoms with Crippen LogP contribution in [0.3, 0.4) is 0 Å². The van der Waals surface area contributed by atoms with Gasteiger partial charge >= 0.3 is 0 Å². The van der Waals surface area contributed by atoms with Crippen LogP contribution in [-0.4, -0.2) is 9.97 Å². The van der Waals surface area contributed by atoms with Crippen molar-refractivity contribution in [1.29, 1.82) is 0 Å². The molecule has 2 aromatic rings. The number of aromatic amines is 1. The molecule has 2 N–H and O–H groups in total. The molecule has 0 spiro atoms. The summed E-state index contributed by atoms with van der Waals surface area (Å²) in [6.45, 7) is 3.50. The molecular weight excluding hydrogens is 252 g/mol. The van der Waals surface area contributed by atoms with Crippen molar-refractivity contribution in [1.82, 2.24) is 9.97 Å². The summed E-state index contributed by atoms with van der Waals surface area (Å²) in [5, 5.41) is 2.80. The SMILES string of the molecule is Cc1nc(NCc2ccc(F)cc2F)[nH]c(=O)c1C. The van der Waals surface area contributed by atoms with Crippen LogP contribution in [0.2, 0.25) is 0 Å². The summed E-state index contributed by atoms with van der Waals surface area (Å²) in [5.74, 6) is -1.01. The highest BCUT2D eigenvalue weighted by Crippen LogP contribution is 2.11. The van der Waals surface area contributed by atoms with E-state index in [0.717, 1.165) is 6.07 Å². The van der Waals surface area contributed by atoms with Gasteiger partial charge in [0.25, 0.3) is 5.56 Å². The Balaban J connectivity index is 2.17. The van der Waals surface area contributed by atoms with Crippen molar-refractivity contribution in [2.75, 3.05) is 5.32 Å². The predicted molar refractivity (Wildman–Crippen MR) is 68.0 cm³/mol. The number of rotatable bonds is 3. The summed E-state index contributed by atoms with van der Waals surface area (Å²) >= 11 is 0. The Morgan fingerprint density at radius 2 is 2.05 bits per heavy atom. The molecule has 0 aliphatic carbocycles. The zero-order chi connectivity index (χ0) is 14.0. The van der Waals surface area contributed by atoms with E-state index in [1.54, 1.807) is 13.8 Å². The van der Waals surface area contributed by atoms with Crippen molar-refractivity contribution < 1.29 is 8.78 Å². The zero-order valence-electron chi connectivity index (χ0n) is 10.6. The summed E-state index contributed by atoms with van der Waals surface area (Å²) in [7, 11) is 0. The Morgan fingerprint density at radius 3 is 2.68 bits per heavy atom. The maximum atomic E-state index is 13.4. The number of anilines is 1. The van der Waals surface area contributed by atoms with Crippen molar-refractivity contribution in [3.05, 3.63) is 57.0 Å². The number of nitrogens with zero attached hydrogens (tertiary/aromatic N) is 1. The molecule has 0 atom stereocenters. The lowest BCUT2D eigenvalue weighted by Crippen LogP contribution is -2.17. The molecule has 2 rings (SSSR count). The number of aryl methyl sites for hydroxylation is 1. The maximum absolute atomic E-state index is 13.4. The lowest BCUT2D eigenvalue weighted by atomic mass is 10.2. The van der Waals surface area contributed by atoms with Crippen molar-refractivity contribution in [3.8, 4) is 0 Å². The van der Waals surface area contributed by atoms with Gasteiger partial charge in [-0.2, -0.15) is 0 Å². The number of halogens is 2. The monoisotopic (exact) mass is 265 g/mol. The molecule has 0 aliphatic heterocycles. The second kappa shape index (κ2) is 5.17. The van der Waals surface area contributed by atoms with Crippen molar-refractivity contribution >= 4 is 5.95 Å². The fourth-order valence-corrected chi connectivity index (χ4v) is 1.57. The van der Waals surface area contributed by atoms with Crippen LogP contribution in [0, 0.1) is 25.5 Å². The van der Waals surface area contributed by atoms with Crippen molar-refractivity contribution in [3.63, 3.8) is 0 Å². The first-order chi connectivity index (χ1) is 8.97. The second-order valence-corrected chi connectivity index (χ2v) is 4.21. The number of hydrogen-bond acceptors (Lipinski definition) is 3. The van der Waals surface area contributed by atoms with E-state index in [0.29, 0.717) is 16.8 Å². The Labute approximate surface area is 108 Å². The van der Waals surface area contributed by atoms with E-state index >= 15 is 0 Å². The first-order valence-corrected chi connectivity index (χ1v) is 5.72. The Bertz CT molecular complexity index is 667. The van der Waals surface area contributed by atoms with E-state index in [1.807, 2.05) is 0 Å². The standard InChI is InChI=1S/C13H13F2N3O/c1-7-8(2)17-13(18-12(7)19)16-6-9-3-4-10(14)5-11(9)15/h3-5H,6H2,1-2H3,(H2,16,17,18,19). The minimum absolute atomic E-state index is 0.109. The molecular formula is C13H13F2N3O.